The van der Waals surface area contributed by atoms with Gasteiger partial charge in [-0.25, -0.2) is 9.37 Å². The molecule has 0 amide bonds. The van der Waals surface area contributed by atoms with Crippen LogP contribution in [0.15, 0.2) is 42.7 Å². The maximum atomic E-state index is 14.5. The predicted molar refractivity (Wildman–Crippen MR) is 115 cm³/mol. The van der Waals surface area contributed by atoms with Gasteiger partial charge >= 0.3 is 0 Å². The van der Waals surface area contributed by atoms with E-state index in [0.29, 0.717) is 13.3 Å². The van der Waals surface area contributed by atoms with Crippen LogP contribution in [0.3, 0.4) is 0 Å². The number of nitro benzene ring substituents is 1. The summed E-state index contributed by atoms with van der Waals surface area (Å²) in [6, 6.07) is 8.44. The summed E-state index contributed by atoms with van der Waals surface area (Å²) in [5.41, 5.74) is 1.47. The van der Waals surface area contributed by atoms with Crippen LogP contribution in [0.25, 0.3) is 11.0 Å². The van der Waals surface area contributed by atoms with Crippen LogP contribution in [-0.2, 0) is 11.5 Å². The number of aromatic nitrogens is 2. The third-order valence-corrected chi connectivity index (χ3v) is 6.43. The van der Waals surface area contributed by atoms with Gasteiger partial charge in [0.05, 0.1) is 22.4 Å². The largest absolute Gasteiger partial charge is 0.361 e. The van der Waals surface area contributed by atoms with E-state index in [4.69, 9.17) is 4.74 Å². The van der Waals surface area contributed by atoms with Crippen LogP contribution in [-0.4, -0.2) is 36.2 Å². The predicted octanol–water partition coefficient (Wildman–Crippen LogP) is 5.16. The van der Waals surface area contributed by atoms with E-state index in [2.05, 4.69) is 24.6 Å². The Hall–Kier alpha value is -2.78. The minimum atomic E-state index is -1.15. The Kier molecular flexibility index (Phi) is 5.99. The molecule has 0 saturated heterocycles. The lowest BCUT2D eigenvalue weighted by molar-refractivity contribution is -0.385. The van der Waals surface area contributed by atoms with Gasteiger partial charge in [0.15, 0.2) is 5.82 Å². The van der Waals surface area contributed by atoms with E-state index in [9.17, 15) is 14.5 Å². The summed E-state index contributed by atoms with van der Waals surface area (Å²) >= 11 is 0. The van der Waals surface area contributed by atoms with Crippen molar-refractivity contribution in [2.75, 3.05) is 18.6 Å². The molecule has 1 aromatic carbocycles. The summed E-state index contributed by atoms with van der Waals surface area (Å²) in [5, 5.41) is 11.7. The van der Waals surface area contributed by atoms with Crippen molar-refractivity contribution in [1.82, 2.24) is 9.55 Å². The van der Waals surface area contributed by atoms with Gasteiger partial charge in [0.1, 0.15) is 12.4 Å². The lowest BCUT2D eigenvalue weighted by atomic mass is 10.2. The molecular weight excluding hydrogens is 391 g/mol. The standard InChI is InChI=1S/C20H25FN4O3Si/c1-23(19-6-5-15(25(26)27)13-17(19)21)18-7-9-22-20-16(18)8-10-24(20)14-28-11-12-29(2,3)4/h5-10,13H,11-12,14H2,1-4H3. The monoisotopic (exact) mass is 416 g/mol. The second-order valence-corrected chi connectivity index (χ2v) is 13.8. The Bertz CT molecular complexity index is 1030. The molecule has 9 heteroatoms. The van der Waals surface area contributed by atoms with Crippen molar-refractivity contribution >= 4 is 36.2 Å². The summed E-state index contributed by atoms with van der Waals surface area (Å²) in [4.78, 5) is 16.4. The van der Waals surface area contributed by atoms with Gasteiger partial charge < -0.3 is 14.2 Å². The highest BCUT2D eigenvalue weighted by atomic mass is 28.3. The molecule has 29 heavy (non-hydrogen) atoms. The fourth-order valence-electron chi connectivity index (χ4n) is 3.03. The first kappa shape index (κ1) is 20.9. The van der Waals surface area contributed by atoms with E-state index in [1.54, 1.807) is 24.2 Å². The van der Waals surface area contributed by atoms with Crippen LogP contribution >= 0.6 is 0 Å². The Morgan fingerprint density at radius 1 is 1.24 bits per heavy atom. The minimum absolute atomic E-state index is 0.252. The van der Waals surface area contributed by atoms with Crippen LogP contribution in [0.5, 0.6) is 0 Å². The third kappa shape index (κ3) is 4.80. The number of fused-ring (bicyclic) bond motifs is 1. The number of non-ortho nitro benzene ring substituents is 1. The van der Waals surface area contributed by atoms with Crippen molar-refractivity contribution in [2.24, 2.45) is 0 Å². The third-order valence-electron chi connectivity index (χ3n) is 4.73. The molecule has 2 heterocycles. The van der Waals surface area contributed by atoms with Crippen molar-refractivity contribution in [1.29, 1.82) is 0 Å². The first-order chi connectivity index (χ1) is 13.7. The van der Waals surface area contributed by atoms with Gasteiger partial charge in [0, 0.05) is 45.6 Å². The zero-order chi connectivity index (χ0) is 21.2. The maximum Gasteiger partial charge on any atom is 0.272 e. The fraction of sp³-hybridized carbons (Fsp3) is 0.350. The molecule has 3 aromatic rings. The zero-order valence-electron chi connectivity index (χ0n) is 17.1. The van der Waals surface area contributed by atoms with Crippen molar-refractivity contribution in [2.45, 2.75) is 32.4 Å². The molecule has 3 rings (SSSR count). The van der Waals surface area contributed by atoms with E-state index in [1.165, 1.54) is 12.1 Å². The first-order valence-electron chi connectivity index (χ1n) is 9.36. The van der Waals surface area contributed by atoms with E-state index < -0.39 is 18.8 Å². The Morgan fingerprint density at radius 2 is 2.00 bits per heavy atom. The number of ether oxygens (including phenoxy) is 1. The van der Waals surface area contributed by atoms with Crippen molar-refractivity contribution < 1.29 is 14.1 Å². The van der Waals surface area contributed by atoms with Gasteiger partial charge in [-0.1, -0.05) is 19.6 Å². The summed E-state index contributed by atoms with van der Waals surface area (Å²) in [5.74, 6) is -0.652. The molecule has 0 aliphatic heterocycles. The number of hydrogen-bond acceptors (Lipinski definition) is 5. The van der Waals surface area contributed by atoms with E-state index in [-0.39, 0.29) is 11.4 Å². The van der Waals surface area contributed by atoms with Crippen LogP contribution in [0.1, 0.15) is 0 Å². The second kappa shape index (κ2) is 8.30. The minimum Gasteiger partial charge on any atom is -0.361 e. The molecule has 154 valence electrons. The summed E-state index contributed by atoms with van der Waals surface area (Å²) in [6.07, 6.45) is 3.56. The number of nitro groups is 1. The number of nitrogens with zero attached hydrogens (tertiary/aromatic N) is 4. The summed E-state index contributed by atoms with van der Waals surface area (Å²) in [6.45, 7) is 8.04. The van der Waals surface area contributed by atoms with Crippen molar-refractivity contribution in [3.63, 3.8) is 0 Å². The highest BCUT2D eigenvalue weighted by molar-refractivity contribution is 6.76. The smallest absolute Gasteiger partial charge is 0.272 e. The molecule has 0 unspecified atom stereocenters. The topological polar surface area (TPSA) is 73.4 Å². The average molecular weight is 417 g/mol. The number of benzene rings is 1. The molecule has 2 aromatic heterocycles. The van der Waals surface area contributed by atoms with Crippen LogP contribution in [0, 0.1) is 15.9 Å². The zero-order valence-corrected chi connectivity index (χ0v) is 18.1. The lowest BCUT2D eigenvalue weighted by Crippen LogP contribution is -2.22. The average Bonchev–Trinajstić information content (AvgIpc) is 3.07. The number of pyridine rings is 1. The van der Waals surface area contributed by atoms with Crippen molar-refractivity contribution in [3.05, 3.63) is 58.7 Å². The van der Waals surface area contributed by atoms with Crippen LogP contribution in [0.2, 0.25) is 25.7 Å². The molecule has 0 bridgehead atoms. The number of halogens is 1. The van der Waals surface area contributed by atoms with Gasteiger partial charge in [0.25, 0.3) is 5.69 Å². The quantitative estimate of drug-likeness (QED) is 0.219. The summed E-state index contributed by atoms with van der Waals surface area (Å²) in [7, 11) is 0.578. The SMILES string of the molecule is CN(c1ccc([N+](=O)[O-])cc1F)c1ccnc2c1ccn2COCC[Si](C)(C)C. The highest BCUT2D eigenvalue weighted by Crippen LogP contribution is 2.33. The normalized spacial score (nSPS) is 11.8. The number of anilines is 2. The molecule has 0 aliphatic rings. The van der Waals surface area contributed by atoms with Gasteiger partial charge in [-0.05, 0) is 24.2 Å². The Balaban J connectivity index is 1.84. The van der Waals surface area contributed by atoms with Gasteiger partial charge in [-0.3, -0.25) is 10.1 Å². The van der Waals surface area contributed by atoms with Crippen LogP contribution < -0.4 is 4.90 Å². The Labute approximate surface area is 169 Å². The first-order valence-corrected chi connectivity index (χ1v) is 13.1. The molecule has 0 atom stereocenters. The molecule has 0 saturated carbocycles. The molecule has 0 aliphatic carbocycles. The lowest BCUT2D eigenvalue weighted by Gasteiger charge is -2.21. The maximum absolute atomic E-state index is 14.5. The van der Waals surface area contributed by atoms with Crippen LogP contribution in [0.4, 0.5) is 21.5 Å². The Morgan fingerprint density at radius 3 is 2.66 bits per heavy atom. The van der Waals surface area contributed by atoms with Gasteiger partial charge in [0.2, 0.25) is 0 Å². The molecule has 0 fully saturated rings. The molecule has 7 nitrogen and oxygen atoms in total. The number of rotatable bonds is 8. The highest BCUT2D eigenvalue weighted by Gasteiger charge is 2.18. The molecular formula is C20H25FN4O3Si. The fourth-order valence-corrected chi connectivity index (χ4v) is 3.78. The molecule has 0 spiro atoms. The summed E-state index contributed by atoms with van der Waals surface area (Å²) < 4.78 is 22.2. The van der Waals surface area contributed by atoms with E-state index in [0.717, 1.165) is 28.8 Å². The molecule has 0 radical (unpaired) electrons. The number of hydrogen-bond donors (Lipinski definition) is 0. The van der Waals surface area contributed by atoms with Gasteiger partial charge in [-0.15, -0.1) is 0 Å². The van der Waals surface area contributed by atoms with Gasteiger partial charge in [-0.2, -0.15) is 0 Å². The van der Waals surface area contributed by atoms with Crippen molar-refractivity contribution in [3.8, 4) is 0 Å². The van der Waals surface area contributed by atoms with E-state index >= 15 is 0 Å². The second-order valence-electron chi connectivity index (χ2n) is 8.15. The molecule has 0 N–H and O–H groups in total. The van der Waals surface area contributed by atoms with E-state index in [1.807, 2.05) is 16.8 Å².